The molecule has 0 aliphatic carbocycles. The molecule has 0 fully saturated rings. The highest BCUT2D eigenvalue weighted by Crippen LogP contribution is 2.41. The zero-order valence-electron chi connectivity index (χ0n) is 27.1. The molecule has 2 aromatic heterocycles. The first-order valence-electron chi connectivity index (χ1n) is 16.7. The molecule has 0 spiro atoms. The average molecular weight is 642 g/mol. The summed E-state index contributed by atoms with van der Waals surface area (Å²) < 4.78 is 2.34. The smallest absolute Gasteiger partial charge is 0.166 e. The molecule has 0 unspecified atom stereocenters. The fourth-order valence-electron chi connectivity index (χ4n) is 6.74. The third kappa shape index (κ3) is 5.27. The van der Waals surface area contributed by atoms with E-state index in [9.17, 15) is 0 Å². The van der Waals surface area contributed by atoms with E-state index in [1.807, 2.05) is 72.8 Å². The molecule has 0 saturated carbocycles. The summed E-state index contributed by atoms with van der Waals surface area (Å²) in [5.41, 5.74) is 9.27. The van der Waals surface area contributed by atoms with Crippen LogP contribution in [0.15, 0.2) is 188 Å². The molecule has 5 heteroatoms. The van der Waals surface area contributed by atoms with Gasteiger partial charge in [0.1, 0.15) is 0 Å². The Morgan fingerprint density at radius 3 is 1.38 bits per heavy atom. The lowest BCUT2D eigenvalue weighted by Crippen LogP contribution is -2.12. The largest absolute Gasteiger partial charge is 0.310 e. The Bertz CT molecular complexity index is 2470. The van der Waals surface area contributed by atoms with Gasteiger partial charge in [-0.25, -0.2) is 15.0 Å². The number of para-hydroxylation sites is 4. The molecule has 0 amide bonds. The molecule has 0 bridgehead atoms. The quantitative estimate of drug-likeness (QED) is 0.174. The molecule has 0 atom stereocenters. The maximum absolute atomic E-state index is 5.08. The van der Waals surface area contributed by atoms with Crippen LogP contribution in [0.4, 0.5) is 17.1 Å². The van der Waals surface area contributed by atoms with Crippen molar-refractivity contribution in [3.05, 3.63) is 188 Å². The van der Waals surface area contributed by atoms with Gasteiger partial charge >= 0.3 is 0 Å². The number of aromatic nitrogens is 4. The van der Waals surface area contributed by atoms with E-state index in [2.05, 4.69) is 125 Å². The Kier molecular flexibility index (Phi) is 7.41. The number of nitrogens with zero attached hydrogens (tertiary/aromatic N) is 5. The van der Waals surface area contributed by atoms with Gasteiger partial charge in [-0.15, -0.1) is 0 Å². The molecule has 236 valence electrons. The fourth-order valence-corrected chi connectivity index (χ4v) is 6.74. The summed E-state index contributed by atoms with van der Waals surface area (Å²) >= 11 is 0. The highest BCUT2D eigenvalue weighted by Gasteiger charge is 2.21. The van der Waals surface area contributed by atoms with Crippen molar-refractivity contribution in [2.75, 3.05) is 4.90 Å². The topological polar surface area (TPSA) is 46.8 Å². The van der Waals surface area contributed by atoms with Crippen molar-refractivity contribution in [2.45, 2.75) is 0 Å². The molecule has 50 heavy (non-hydrogen) atoms. The average Bonchev–Trinajstić information content (AvgIpc) is 3.54. The minimum atomic E-state index is 0.608. The first-order valence-corrected chi connectivity index (χ1v) is 16.7. The SMILES string of the molecule is c1ccc(-c2nc(-c3ccccc3)nc(-c3ccccc3N(c3ccccc3)c3ccc(-n4c5ccccc5c5ccccc54)cc3)n2)cc1. The second kappa shape index (κ2) is 12.6. The molecule has 9 rings (SSSR count). The van der Waals surface area contributed by atoms with Crippen LogP contribution in [0.3, 0.4) is 0 Å². The van der Waals surface area contributed by atoms with Gasteiger partial charge < -0.3 is 9.47 Å². The minimum Gasteiger partial charge on any atom is -0.310 e. The van der Waals surface area contributed by atoms with E-state index in [4.69, 9.17) is 15.0 Å². The van der Waals surface area contributed by atoms with Crippen molar-refractivity contribution in [3.8, 4) is 39.9 Å². The van der Waals surface area contributed by atoms with Crippen LogP contribution in [-0.4, -0.2) is 19.5 Å². The van der Waals surface area contributed by atoms with E-state index in [1.165, 1.54) is 21.8 Å². The molecule has 0 aliphatic heterocycles. The Hall–Kier alpha value is -6.85. The van der Waals surface area contributed by atoms with Gasteiger partial charge in [-0.05, 0) is 60.7 Å². The van der Waals surface area contributed by atoms with Gasteiger partial charge in [-0.2, -0.15) is 0 Å². The van der Waals surface area contributed by atoms with Gasteiger partial charge in [-0.1, -0.05) is 127 Å². The molecule has 2 heterocycles. The summed E-state index contributed by atoms with van der Waals surface area (Å²) in [4.78, 5) is 17.4. The van der Waals surface area contributed by atoms with Crippen molar-refractivity contribution >= 4 is 38.9 Å². The standard InChI is InChI=1S/C45H31N5/c1-4-16-32(17-5-1)43-46-44(33-18-6-2-7-19-33)48-45(47-43)39-24-12-15-27-42(39)49(34-20-8-3-9-21-34)35-28-30-36(31-29-35)50-40-25-13-10-22-37(40)38-23-11-14-26-41(38)50/h1-31H. The predicted molar refractivity (Wildman–Crippen MR) is 205 cm³/mol. The van der Waals surface area contributed by atoms with Gasteiger partial charge in [0.05, 0.1) is 16.7 Å². The van der Waals surface area contributed by atoms with Gasteiger partial charge in [0.15, 0.2) is 17.5 Å². The molecule has 0 N–H and O–H groups in total. The van der Waals surface area contributed by atoms with E-state index in [0.717, 1.165) is 39.4 Å². The molecular formula is C45H31N5. The Morgan fingerprint density at radius 2 is 0.800 bits per heavy atom. The fraction of sp³-hybridized carbons (Fsp3) is 0. The second-order valence-corrected chi connectivity index (χ2v) is 12.1. The van der Waals surface area contributed by atoms with Crippen molar-refractivity contribution in [1.82, 2.24) is 19.5 Å². The lowest BCUT2D eigenvalue weighted by molar-refractivity contribution is 1.07. The molecule has 5 nitrogen and oxygen atoms in total. The van der Waals surface area contributed by atoms with Crippen LogP contribution in [-0.2, 0) is 0 Å². The monoisotopic (exact) mass is 641 g/mol. The predicted octanol–water partition coefficient (Wildman–Crippen LogP) is 11.4. The molecular weight excluding hydrogens is 611 g/mol. The minimum absolute atomic E-state index is 0.608. The van der Waals surface area contributed by atoms with Crippen molar-refractivity contribution < 1.29 is 0 Å². The maximum atomic E-state index is 5.08. The van der Waals surface area contributed by atoms with Crippen LogP contribution in [0.5, 0.6) is 0 Å². The van der Waals surface area contributed by atoms with Gasteiger partial charge in [-0.3, -0.25) is 0 Å². The molecule has 9 aromatic rings. The number of fused-ring (bicyclic) bond motifs is 3. The van der Waals surface area contributed by atoms with E-state index in [-0.39, 0.29) is 0 Å². The van der Waals surface area contributed by atoms with E-state index >= 15 is 0 Å². The third-order valence-corrected chi connectivity index (χ3v) is 9.05. The van der Waals surface area contributed by atoms with Crippen LogP contribution in [0.25, 0.3) is 61.7 Å². The van der Waals surface area contributed by atoms with E-state index < -0.39 is 0 Å². The lowest BCUT2D eigenvalue weighted by atomic mass is 10.1. The zero-order chi connectivity index (χ0) is 33.3. The van der Waals surface area contributed by atoms with Gasteiger partial charge in [0.25, 0.3) is 0 Å². The molecule has 0 saturated heterocycles. The summed E-state index contributed by atoms with van der Waals surface area (Å²) in [7, 11) is 0. The number of rotatable bonds is 7. The van der Waals surface area contributed by atoms with Crippen molar-refractivity contribution in [2.24, 2.45) is 0 Å². The van der Waals surface area contributed by atoms with Crippen LogP contribution >= 0.6 is 0 Å². The summed E-state index contributed by atoms with van der Waals surface area (Å²) in [5, 5.41) is 2.49. The first-order chi connectivity index (χ1) is 24.8. The summed E-state index contributed by atoms with van der Waals surface area (Å²) in [6, 6.07) is 65.0. The number of anilines is 3. The first kappa shape index (κ1) is 29.3. The second-order valence-electron chi connectivity index (χ2n) is 12.1. The zero-order valence-corrected chi connectivity index (χ0v) is 27.1. The summed E-state index contributed by atoms with van der Waals surface area (Å²) in [6.45, 7) is 0. The third-order valence-electron chi connectivity index (χ3n) is 9.05. The summed E-state index contributed by atoms with van der Waals surface area (Å²) in [6.07, 6.45) is 0. The Morgan fingerprint density at radius 1 is 0.360 bits per heavy atom. The van der Waals surface area contributed by atoms with Crippen molar-refractivity contribution in [3.63, 3.8) is 0 Å². The molecule has 0 radical (unpaired) electrons. The highest BCUT2D eigenvalue weighted by molar-refractivity contribution is 6.09. The summed E-state index contributed by atoms with van der Waals surface area (Å²) in [5.74, 6) is 1.87. The van der Waals surface area contributed by atoms with E-state index in [0.29, 0.717) is 17.5 Å². The van der Waals surface area contributed by atoms with Gasteiger partial charge in [0.2, 0.25) is 0 Å². The number of hydrogen-bond donors (Lipinski definition) is 0. The lowest BCUT2D eigenvalue weighted by Gasteiger charge is -2.27. The number of hydrogen-bond acceptors (Lipinski definition) is 4. The van der Waals surface area contributed by atoms with Crippen LogP contribution in [0.2, 0.25) is 0 Å². The van der Waals surface area contributed by atoms with Crippen molar-refractivity contribution in [1.29, 1.82) is 0 Å². The number of benzene rings is 7. The molecule has 7 aromatic carbocycles. The van der Waals surface area contributed by atoms with Crippen LogP contribution in [0.1, 0.15) is 0 Å². The Labute approximate surface area is 290 Å². The normalized spacial score (nSPS) is 11.2. The van der Waals surface area contributed by atoms with Gasteiger partial charge in [0, 0.05) is 44.5 Å². The van der Waals surface area contributed by atoms with Crippen LogP contribution in [0, 0.1) is 0 Å². The highest BCUT2D eigenvalue weighted by atomic mass is 15.2. The van der Waals surface area contributed by atoms with Crippen LogP contribution < -0.4 is 4.90 Å². The van der Waals surface area contributed by atoms with E-state index in [1.54, 1.807) is 0 Å². The Balaban J connectivity index is 1.21. The maximum Gasteiger partial charge on any atom is 0.166 e. The molecule has 0 aliphatic rings.